The molecule has 0 aliphatic carbocycles. The van der Waals surface area contributed by atoms with Crippen LogP contribution in [0.2, 0.25) is 5.02 Å². The summed E-state index contributed by atoms with van der Waals surface area (Å²) in [5.41, 5.74) is 0.923. The van der Waals surface area contributed by atoms with Crippen LogP contribution in [0.4, 0.5) is 5.82 Å². The van der Waals surface area contributed by atoms with Crippen LogP contribution in [-0.2, 0) is 11.3 Å². The topological polar surface area (TPSA) is 37.4 Å². The van der Waals surface area contributed by atoms with Crippen molar-refractivity contribution in [2.75, 3.05) is 25.1 Å². The molecule has 0 unspecified atom stereocenters. The minimum Gasteiger partial charge on any atom is -0.381 e. The van der Waals surface area contributed by atoms with E-state index in [1.807, 2.05) is 12.1 Å². The summed E-state index contributed by atoms with van der Waals surface area (Å²) in [6.45, 7) is 6.92. The molecule has 1 aromatic rings. The van der Waals surface area contributed by atoms with E-state index in [0.29, 0.717) is 18.7 Å². The second kappa shape index (κ2) is 7.25. The number of nitrogens with one attached hydrogen (secondary N) is 1. The standard InChI is InChI=1S/C15H24ClN3O/c1-11(2)17-10-14-13(16)4-5-15(18-14)19-8-6-12(20-3)7-9-19/h4-5,11-12,17H,6-10H2,1-3H3. The third kappa shape index (κ3) is 4.08. The van der Waals surface area contributed by atoms with Crippen molar-refractivity contribution in [1.29, 1.82) is 0 Å². The number of pyridine rings is 1. The molecule has 0 atom stereocenters. The van der Waals surface area contributed by atoms with Crippen molar-refractivity contribution in [3.05, 3.63) is 22.8 Å². The Bertz CT molecular complexity index is 431. The Kier molecular flexibility index (Phi) is 5.64. The number of piperidine rings is 1. The van der Waals surface area contributed by atoms with Crippen molar-refractivity contribution in [2.45, 2.75) is 45.4 Å². The summed E-state index contributed by atoms with van der Waals surface area (Å²) in [5, 5.41) is 4.09. The number of hydrogen-bond acceptors (Lipinski definition) is 4. The largest absolute Gasteiger partial charge is 0.381 e. The van der Waals surface area contributed by atoms with Crippen molar-refractivity contribution in [2.24, 2.45) is 0 Å². The van der Waals surface area contributed by atoms with Gasteiger partial charge in [-0.15, -0.1) is 0 Å². The molecule has 20 heavy (non-hydrogen) atoms. The van der Waals surface area contributed by atoms with Crippen LogP contribution in [0.5, 0.6) is 0 Å². The van der Waals surface area contributed by atoms with Crippen molar-refractivity contribution in [3.8, 4) is 0 Å². The van der Waals surface area contributed by atoms with Gasteiger partial charge in [-0.25, -0.2) is 4.98 Å². The van der Waals surface area contributed by atoms with Crippen molar-refractivity contribution < 1.29 is 4.74 Å². The molecule has 1 N–H and O–H groups in total. The first-order valence-corrected chi connectivity index (χ1v) is 7.64. The highest BCUT2D eigenvalue weighted by Crippen LogP contribution is 2.23. The molecule has 1 fully saturated rings. The van der Waals surface area contributed by atoms with Gasteiger partial charge in [0.25, 0.3) is 0 Å². The molecule has 1 saturated heterocycles. The number of methoxy groups -OCH3 is 1. The number of ether oxygens (including phenoxy) is 1. The molecule has 2 rings (SSSR count). The average Bonchev–Trinajstić information content (AvgIpc) is 2.46. The zero-order valence-corrected chi connectivity index (χ0v) is 13.3. The fourth-order valence-corrected chi connectivity index (χ4v) is 2.57. The van der Waals surface area contributed by atoms with Crippen molar-refractivity contribution in [3.63, 3.8) is 0 Å². The molecule has 0 saturated carbocycles. The van der Waals surface area contributed by atoms with Crippen molar-refractivity contribution in [1.82, 2.24) is 10.3 Å². The predicted molar refractivity (Wildman–Crippen MR) is 83.5 cm³/mol. The number of anilines is 1. The smallest absolute Gasteiger partial charge is 0.128 e. The summed E-state index contributed by atoms with van der Waals surface area (Å²) in [6, 6.07) is 4.38. The van der Waals surface area contributed by atoms with Crippen LogP contribution in [0.25, 0.3) is 0 Å². The monoisotopic (exact) mass is 297 g/mol. The van der Waals surface area contributed by atoms with Gasteiger partial charge in [-0.05, 0) is 25.0 Å². The zero-order chi connectivity index (χ0) is 14.5. The van der Waals surface area contributed by atoms with E-state index in [9.17, 15) is 0 Å². The van der Waals surface area contributed by atoms with E-state index in [4.69, 9.17) is 21.3 Å². The third-order valence-electron chi connectivity index (χ3n) is 3.68. The molecular formula is C15H24ClN3O. The molecule has 1 aliphatic rings. The lowest BCUT2D eigenvalue weighted by Crippen LogP contribution is -2.37. The SMILES string of the molecule is COC1CCN(c2ccc(Cl)c(CNC(C)C)n2)CC1. The van der Waals surface area contributed by atoms with E-state index < -0.39 is 0 Å². The van der Waals surface area contributed by atoms with Crippen LogP contribution in [-0.4, -0.2) is 37.3 Å². The van der Waals surface area contributed by atoms with Crippen LogP contribution in [0.1, 0.15) is 32.4 Å². The highest BCUT2D eigenvalue weighted by molar-refractivity contribution is 6.31. The maximum atomic E-state index is 6.22. The molecule has 112 valence electrons. The Balaban J connectivity index is 2.03. The number of nitrogens with zero attached hydrogens (tertiary/aromatic N) is 2. The lowest BCUT2D eigenvalue weighted by atomic mass is 10.1. The summed E-state index contributed by atoms with van der Waals surface area (Å²) >= 11 is 6.22. The Morgan fingerprint density at radius 2 is 2.10 bits per heavy atom. The van der Waals surface area contributed by atoms with Gasteiger partial charge in [0.05, 0.1) is 16.8 Å². The summed E-state index contributed by atoms with van der Waals surface area (Å²) < 4.78 is 5.40. The fraction of sp³-hybridized carbons (Fsp3) is 0.667. The highest BCUT2D eigenvalue weighted by atomic mass is 35.5. The van der Waals surface area contributed by atoms with Gasteiger partial charge in [0.2, 0.25) is 0 Å². The Morgan fingerprint density at radius 1 is 1.40 bits per heavy atom. The predicted octanol–water partition coefficient (Wildman–Crippen LogP) is 2.85. The normalized spacial score (nSPS) is 16.9. The number of hydrogen-bond donors (Lipinski definition) is 1. The molecule has 1 aliphatic heterocycles. The molecule has 0 radical (unpaired) electrons. The number of aromatic nitrogens is 1. The van der Waals surface area contributed by atoms with Crippen molar-refractivity contribution >= 4 is 17.4 Å². The van der Waals surface area contributed by atoms with Gasteiger partial charge in [0.15, 0.2) is 0 Å². The molecule has 0 bridgehead atoms. The summed E-state index contributed by atoms with van der Waals surface area (Å²) in [7, 11) is 1.79. The van der Waals surface area contributed by atoms with E-state index in [1.54, 1.807) is 7.11 Å². The molecule has 5 heteroatoms. The number of halogens is 1. The highest BCUT2D eigenvalue weighted by Gasteiger charge is 2.20. The van der Waals surface area contributed by atoms with Crippen LogP contribution in [0.3, 0.4) is 0 Å². The van der Waals surface area contributed by atoms with E-state index in [0.717, 1.165) is 42.5 Å². The maximum Gasteiger partial charge on any atom is 0.128 e. The molecule has 0 amide bonds. The zero-order valence-electron chi connectivity index (χ0n) is 12.5. The van der Waals surface area contributed by atoms with Gasteiger partial charge >= 0.3 is 0 Å². The van der Waals surface area contributed by atoms with Crippen LogP contribution < -0.4 is 10.2 Å². The van der Waals surface area contributed by atoms with Gasteiger partial charge in [-0.2, -0.15) is 0 Å². The van der Waals surface area contributed by atoms with E-state index in [1.165, 1.54) is 0 Å². The second-order valence-electron chi connectivity index (χ2n) is 5.56. The molecular weight excluding hydrogens is 274 g/mol. The molecule has 2 heterocycles. The second-order valence-corrected chi connectivity index (χ2v) is 5.96. The van der Waals surface area contributed by atoms with Gasteiger partial charge in [-0.3, -0.25) is 0 Å². The first kappa shape index (κ1) is 15.5. The summed E-state index contributed by atoms with van der Waals surface area (Å²) in [6.07, 6.45) is 2.50. The van der Waals surface area contributed by atoms with Crippen LogP contribution in [0, 0.1) is 0 Å². The minimum atomic E-state index is 0.389. The fourth-order valence-electron chi connectivity index (χ4n) is 2.39. The number of rotatable bonds is 5. The van der Waals surface area contributed by atoms with E-state index in [-0.39, 0.29) is 0 Å². The molecule has 0 aromatic carbocycles. The Labute approximate surface area is 126 Å². The van der Waals surface area contributed by atoms with Gasteiger partial charge in [0.1, 0.15) is 5.82 Å². The molecule has 0 spiro atoms. The molecule has 4 nitrogen and oxygen atoms in total. The van der Waals surface area contributed by atoms with Gasteiger partial charge < -0.3 is 15.0 Å². The van der Waals surface area contributed by atoms with E-state index >= 15 is 0 Å². The first-order valence-electron chi connectivity index (χ1n) is 7.26. The van der Waals surface area contributed by atoms with Crippen LogP contribution in [0.15, 0.2) is 12.1 Å². The van der Waals surface area contributed by atoms with Crippen LogP contribution >= 0.6 is 11.6 Å². The lowest BCUT2D eigenvalue weighted by Gasteiger charge is -2.32. The summed E-state index contributed by atoms with van der Waals surface area (Å²) in [4.78, 5) is 7.02. The lowest BCUT2D eigenvalue weighted by molar-refractivity contribution is 0.0818. The van der Waals surface area contributed by atoms with E-state index in [2.05, 4.69) is 24.1 Å². The third-order valence-corrected chi connectivity index (χ3v) is 4.03. The Morgan fingerprint density at radius 3 is 2.70 bits per heavy atom. The summed E-state index contributed by atoms with van der Waals surface area (Å²) in [5.74, 6) is 1.02. The molecule has 1 aromatic heterocycles. The van der Waals surface area contributed by atoms with Gasteiger partial charge in [0, 0.05) is 32.8 Å². The minimum absolute atomic E-state index is 0.389. The quantitative estimate of drug-likeness (QED) is 0.907. The Hall–Kier alpha value is -0.840. The first-order chi connectivity index (χ1) is 9.60. The average molecular weight is 298 g/mol. The maximum absolute atomic E-state index is 6.22. The van der Waals surface area contributed by atoms with Gasteiger partial charge in [-0.1, -0.05) is 25.4 Å².